The Hall–Kier alpha value is -1.26. The van der Waals surface area contributed by atoms with Crippen molar-refractivity contribution < 1.29 is 9.90 Å². The van der Waals surface area contributed by atoms with E-state index in [2.05, 4.69) is 0 Å². The quantitative estimate of drug-likeness (QED) is 0.454. The first-order chi connectivity index (χ1) is 6.42. The molecule has 0 spiro atoms. The molecule has 0 aliphatic heterocycles. The van der Waals surface area contributed by atoms with Crippen LogP contribution in [0.2, 0.25) is 0 Å². The van der Waals surface area contributed by atoms with Gasteiger partial charge in [-0.1, -0.05) is 20.3 Å². The lowest BCUT2D eigenvalue weighted by molar-refractivity contribution is -0.149. The van der Waals surface area contributed by atoms with Crippen LogP contribution in [-0.2, 0) is 4.79 Å². The molecule has 0 aromatic rings. The Bertz CT molecular complexity index is 230. The van der Waals surface area contributed by atoms with Gasteiger partial charge in [0.1, 0.15) is 5.54 Å². The monoisotopic (exact) mass is 201 g/mol. The van der Waals surface area contributed by atoms with E-state index in [1.807, 2.05) is 6.92 Å². The molecule has 5 heteroatoms. The van der Waals surface area contributed by atoms with Crippen LogP contribution in [0.1, 0.15) is 33.1 Å². The molecule has 0 fully saturated rings. The number of hydrogen-bond acceptors (Lipinski definition) is 2. The van der Waals surface area contributed by atoms with E-state index in [1.165, 1.54) is 4.90 Å². The lowest BCUT2D eigenvalue weighted by Gasteiger charge is -2.37. The molecule has 0 saturated carbocycles. The Morgan fingerprint density at radius 1 is 1.57 bits per heavy atom. The Balaban J connectivity index is 5.02. The molecule has 1 atom stereocenters. The summed E-state index contributed by atoms with van der Waals surface area (Å²) in [4.78, 5) is 12.5. The van der Waals surface area contributed by atoms with Gasteiger partial charge >= 0.3 is 5.97 Å². The maximum Gasteiger partial charge on any atom is 0.329 e. The van der Waals surface area contributed by atoms with Gasteiger partial charge in [-0.2, -0.15) is 0 Å². The number of nitrogens with one attached hydrogen (secondary N) is 1. The van der Waals surface area contributed by atoms with Crippen molar-refractivity contribution in [3.8, 4) is 0 Å². The minimum Gasteiger partial charge on any atom is -0.479 e. The highest BCUT2D eigenvalue weighted by atomic mass is 16.4. The van der Waals surface area contributed by atoms with Crippen LogP contribution in [0.4, 0.5) is 0 Å². The first-order valence-electron chi connectivity index (χ1n) is 4.73. The van der Waals surface area contributed by atoms with Crippen LogP contribution >= 0.6 is 0 Å². The third kappa shape index (κ3) is 2.16. The zero-order valence-electron chi connectivity index (χ0n) is 9.00. The number of guanidine groups is 1. The van der Waals surface area contributed by atoms with Gasteiger partial charge in [0.25, 0.3) is 0 Å². The predicted molar refractivity (Wildman–Crippen MR) is 55.2 cm³/mol. The highest BCUT2D eigenvalue weighted by molar-refractivity contribution is 5.86. The second-order valence-electron chi connectivity index (χ2n) is 3.38. The van der Waals surface area contributed by atoms with Gasteiger partial charge in [0.2, 0.25) is 0 Å². The molecule has 0 amide bonds. The van der Waals surface area contributed by atoms with Gasteiger partial charge in [-0.05, 0) is 12.8 Å². The molecule has 0 saturated heterocycles. The number of hydrogen-bond donors (Lipinski definition) is 3. The molecule has 0 bridgehead atoms. The zero-order chi connectivity index (χ0) is 11.4. The smallest absolute Gasteiger partial charge is 0.329 e. The van der Waals surface area contributed by atoms with E-state index in [1.54, 1.807) is 14.0 Å². The van der Waals surface area contributed by atoms with E-state index in [9.17, 15) is 9.90 Å². The van der Waals surface area contributed by atoms with Crippen LogP contribution in [0.25, 0.3) is 0 Å². The number of carboxylic acid groups (broad SMARTS) is 1. The number of carbonyl (C=O) groups is 1. The molecule has 0 rings (SSSR count). The Morgan fingerprint density at radius 2 is 2.07 bits per heavy atom. The normalized spacial score (nSPS) is 14.5. The topological polar surface area (TPSA) is 90.4 Å². The van der Waals surface area contributed by atoms with E-state index < -0.39 is 11.5 Å². The van der Waals surface area contributed by atoms with Crippen molar-refractivity contribution in [3.05, 3.63) is 0 Å². The minimum atomic E-state index is -1.03. The van der Waals surface area contributed by atoms with E-state index >= 15 is 0 Å². The van der Waals surface area contributed by atoms with Gasteiger partial charge in [0, 0.05) is 7.05 Å². The number of rotatable bonds is 5. The van der Waals surface area contributed by atoms with Crippen molar-refractivity contribution in [1.29, 1.82) is 5.41 Å². The first kappa shape index (κ1) is 12.7. The molecule has 0 aromatic heterocycles. The predicted octanol–water partition coefficient (Wildman–Crippen LogP) is 0.845. The van der Waals surface area contributed by atoms with Gasteiger partial charge in [0.05, 0.1) is 0 Å². The SMILES string of the molecule is CCCC(CC)(C(=O)O)N(C)C(=N)N. The third-order valence-corrected chi connectivity index (χ3v) is 2.65. The number of nitrogens with two attached hydrogens (primary N) is 1. The second kappa shape index (κ2) is 4.83. The Labute approximate surface area is 84.4 Å². The van der Waals surface area contributed by atoms with Crippen molar-refractivity contribution in [1.82, 2.24) is 4.90 Å². The summed E-state index contributed by atoms with van der Waals surface area (Å²) in [5, 5.41) is 16.5. The van der Waals surface area contributed by atoms with Crippen LogP contribution in [0.3, 0.4) is 0 Å². The van der Waals surface area contributed by atoms with Crippen LogP contribution in [0.5, 0.6) is 0 Å². The van der Waals surface area contributed by atoms with Crippen LogP contribution < -0.4 is 5.73 Å². The fraction of sp³-hybridized carbons (Fsp3) is 0.778. The fourth-order valence-corrected chi connectivity index (χ4v) is 1.63. The van der Waals surface area contributed by atoms with E-state index in [4.69, 9.17) is 11.1 Å². The highest BCUT2D eigenvalue weighted by Crippen LogP contribution is 2.24. The summed E-state index contributed by atoms with van der Waals surface area (Å²) >= 11 is 0. The first-order valence-corrected chi connectivity index (χ1v) is 4.73. The van der Waals surface area contributed by atoms with Crippen molar-refractivity contribution in [2.45, 2.75) is 38.6 Å². The average molecular weight is 201 g/mol. The molecule has 82 valence electrons. The molecule has 0 heterocycles. The summed E-state index contributed by atoms with van der Waals surface area (Å²) < 4.78 is 0. The number of likely N-dealkylation sites (N-methyl/N-ethyl adjacent to an activating group) is 1. The minimum absolute atomic E-state index is 0.206. The molecule has 14 heavy (non-hydrogen) atoms. The third-order valence-electron chi connectivity index (χ3n) is 2.65. The standard InChI is InChI=1S/C9H19N3O2/c1-4-6-9(5-2,7(13)14)12(3)8(10)11/h4-6H2,1-3H3,(H3,10,11)(H,13,14). The molecule has 1 unspecified atom stereocenters. The molecule has 5 nitrogen and oxygen atoms in total. The molecule has 0 radical (unpaired) electrons. The van der Waals surface area contributed by atoms with Gasteiger partial charge in [-0.25, -0.2) is 4.79 Å². The van der Waals surface area contributed by atoms with Gasteiger partial charge in [0.15, 0.2) is 5.96 Å². The zero-order valence-corrected chi connectivity index (χ0v) is 9.00. The maximum atomic E-state index is 11.2. The lowest BCUT2D eigenvalue weighted by Crippen LogP contribution is -2.56. The van der Waals surface area contributed by atoms with Gasteiger partial charge in [-0.3, -0.25) is 5.41 Å². The summed E-state index contributed by atoms with van der Waals surface area (Å²) in [6.45, 7) is 3.71. The van der Waals surface area contributed by atoms with Gasteiger partial charge < -0.3 is 15.7 Å². The van der Waals surface area contributed by atoms with Gasteiger partial charge in [-0.15, -0.1) is 0 Å². The molecular formula is C9H19N3O2. The Kier molecular flexibility index (Phi) is 4.40. The van der Waals surface area contributed by atoms with Crippen molar-refractivity contribution in [2.75, 3.05) is 7.05 Å². The van der Waals surface area contributed by atoms with Crippen molar-refractivity contribution >= 4 is 11.9 Å². The van der Waals surface area contributed by atoms with Crippen molar-refractivity contribution in [2.24, 2.45) is 5.73 Å². The largest absolute Gasteiger partial charge is 0.479 e. The summed E-state index contributed by atoms with van der Waals surface area (Å²) in [6.07, 6.45) is 1.68. The van der Waals surface area contributed by atoms with Crippen LogP contribution in [0, 0.1) is 5.41 Å². The molecular weight excluding hydrogens is 182 g/mol. The highest BCUT2D eigenvalue weighted by Gasteiger charge is 2.40. The molecule has 0 aromatic carbocycles. The maximum absolute atomic E-state index is 11.2. The van der Waals surface area contributed by atoms with Crippen LogP contribution in [-0.4, -0.2) is 34.5 Å². The number of nitrogens with zero attached hydrogens (tertiary/aromatic N) is 1. The summed E-state index contributed by atoms with van der Waals surface area (Å²) in [5.74, 6) is -1.12. The molecule has 0 aliphatic carbocycles. The second-order valence-corrected chi connectivity index (χ2v) is 3.38. The van der Waals surface area contributed by atoms with E-state index in [0.717, 1.165) is 6.42 Å². The Morgan fingerprint density at radius 3 is 2.29 bits per heavy atom. The van der Waals surface area contributed by atoms with Crippen molar-refractivity contribution in [3.63, 3.8) is 0 Å². The summed E-state index contributed by atoms with van der Waals surface area (Å²) in [7, 11) is 1.55. The number of aliphatic carboxylic acids is 1. The lowest BCUT2D eigenvalue weighted by atomic mass is 9.89. The average Bonchev–Trinajstić information content (AvgIpc) is 2.12. The number of carboxylic acids is 1. The molecule has 4 N–H and O–H groups in total. The summed E-state index contributed by atoms with van der Waals surface area (Å²) in [6, 6.07) is 0. The summed E-state index contributed by atoms with van der Waals surface area (Å²) in [5.41, 5.74) is 4.28. The van der Waals surface area contributed by atoms with E-state index in [0.29, 0.717) is 12.8 Å². The van der Waals surface area contributed by atoms with E-state index in [-0.39, 0.29) is 5.96 Å². The molecule has 0 aliphatic rings. The van der Waals surface area contributed by atoms with Crippen LogP contribution in [0.15, 0.2) is 0 Å². The fourth-order valence-electron chi connectivity index (χ4n) is 1.63.